The molecule has 0 spiro atoms. The van der Waals surface area contributed by atoms with E-state index >= 15 is 0 Å². The Morgan fingerprint density at radius 3 is 2.53 bits per heavy atom. The summed E-state index contributed by atoms with van der Waals surface area (Å²) < 4.78 is 11.6. The van der Waals surface area contributed by atoms with Crippen LogP contribution in [0.25, 0.3) is 0 Å². The zero-order valence-corrected chi connectivity index (χ0v) is 12.6. The van der Waals surface area contributed by atoms with Crippen LogP contribution in [-0.4, -0.2) is 19.2 Å². The molecular weight excluding hydrogens is 308 g/mol. The summed E-state index contributed by atoms with van der Waals surface area (Å²) in [5.74, 6) is 2.25. The molecule has 1 N–H and O–H groups in total. The largest absolute Gasteiger partial charge is 0.497 e. The summed E-state index contributed by atoms with van der Waals surface area (Å²) in [7, 11) is 3.27. The number of methoxy groups -OCH3 is 2. The van der Waals surface area contributed by atoms with Crippen LogP contribution in [-0.2, 0) is 0 Å². The molecule has 0 fully saturated rings. The fraction of sp³-hybridized carbons (Fsp3) is 0.214. The van der Waals surface area contributed by atoms with E-state index in [9.17, 15) is 0 Å². The van der Waals surface area contributed by atoms with E-state index in [0.717, 1.165) is 33.0 Å². The molecule has 1 aromatic heterocycles. The molecule has 2 rings (SSSR count). The van der Waals surface area contributed by atoms with E-state index in [1.807, 2.05) is 31.2 Å². The number of halogens is 1. The second-order valence-electron chi connectivity index (χ2n) is 4.01. The Hall–Kier alpha value is -1.75. The van der Waals surface area contributed by atoms with Gasteiger partial charge in [0.05, 0.1) is 19.9 Å². The third-order valence-electron chi connectivity index (χ3n) is 2.71. The number of hydrogen-bond donors (Lipinski definition) is 1. The summed E-state index contributed by atoms with van der Waals surface area (Å²) in [6.07, 6.45) is 1.74. The monoisotopic (exact) mass is 322 g/mol. The number of nitrogens with one attached hydrogen (secondary N) is 1. The molecule has 1 heterocycles. The van der Waals surface area contributed by atoms with Crippen molar-refractivity contribution < 1.29 is 9.47 Å². The van der Waals surface area contributed by atoms with Crippen molar-refractivity contribution in [3.05, 3.63) is 40.5 Å². The quantitative estimate of drug-likeness (QED) is 0.926. The summed E-state index contributed by atoms with van der Waals surface area (Å²) in [6.45, 7) is 1.99. The van der Waals surface area contributed by atoms with Gasteiger partial charge in [0.15, 0.2) is 0 Å². The van der Waals surface area contributed by atoms with Crippen LogP contribution in [0.15, 0.2) is 34.9 Å². The van der Waals surface area contributed by atoms with Crippen molar-refractivity contribution in [2.24, 2.45) is 0 Å². The topological polar surface area (TPSA) is 43.4 Å². The number of rotatable bonds is 4. The Bertz CT molecular complexity index is 570. The maximum absolute atomic E-state index is 5.39. The standard InChI is InChI=1S/C14H15BrN2O2/c1-9-6-11(18-2)7-12(19-3)14(9)17-13-5-4-10(15)8-16-13/h4-8H,1-3H3,(H,16,17). The first kappa shape index (κ1) is 13.7. The number of anilines is 2. The summed E-state index contributed by atoms with van der Waals surface area (Å²) in [6, 6.07) is 7.62. The van der Waals surface area contributed by atoms with Gasteiger partial charge in [-0.25, -0.2) is 4.98 Å². The molecule has 0 saturated carbocycles. The van der Waals surface area contributed by atoms with Crippen LogP contribution >= 0.6 is 15.9 Å². The third kappa shape index (κ3) is 3.17. The van der Waals surface area contributed by atoms with Gasteiger partial charge in [0.1, 0.15) is 17.3 Å². The molecule has 0 aliphatic carbocycles. The highest BCUT2D eigenvalue weighted by Crippen LogP contribution is 2.34. The van der Waals surface area contributed by atoms with Crippen LogP contribution in [0.2, 0.25) is 0 Å². The predicted octanol–water partition coefficient (Wildman–Crippen LogP) is 3.91. The molecule has 4 nitrogen and oxygen atoms in total. The highest BCUT2D eigenvalue weighted by atomic mass is 79.9. The zero-order chi connectivity index (χ0) is 13.8. The minimum absolute atomic E-state index is 0.724. The minimum atomic E-state index is 0.724. The molecule has 0 aliphatic rings. The zero-order valence-electron chi connectivity index (χ0n) is 11.0. The molecule has 0 atom stereocenters. The molecular formula is C14H15BrN2O2. The van der Waals surface area contributed by atoms with Gasteiger partial charge in [0, 0.05) is 16.7 Å². The van der Waals surface area contributed by atoms with Gasteiger partial charge in [0.2, 0.25) is 0 Å². The number of benzene rings is 1. The number of pyridine rings is 1. The normalized spacial score (nSPS) is 10.1. The van der Waals surface area contributed by atoms with Crippen LogP contribution in [0.3, 0.4) is 0 Å². The SMILES string of the molecule is COc1cc(C)c(Nc2ccc(Br)cn2)c(OC)c1. The smallest absolute Gasteiger partial charge is 0.146 e. The molecule has 0 radical (unpaired) electrons. The highest BCUT2D eigenvalue weighted by Gasteiger charge is 2.10. The molecule has 0 aliphatic heterocycles. The summed E-state index contributed by atoms with van der Waals surface area (Å²) in [5, 5.41) is 3.26. The van der Waals surface area contributed by atoms with E-state index in [2.05, 4.69) is 26.2 Å². The highest BCUT2D eigenvalue weighted by molar-refractivity contribution is 9.10. The maximum atomic E-state index is 5.39. The molecule has 5 heteroatoms. The van der Waals surface area contributed by atoms with Gasteiger partial charge in [0.25, 0.3) is 0 Å². The van der Waals surface area contributed by atoms with Crippen molar-refractivity contribution in [3.8, 4) is 11.5 Å². The third-order valence-corrected chi connectivity index (χ3v) is 3.18. The summed E-state index contributed by atoms with van der Waals surface area (Å²) in [5.41, 5.74) is 1.92. The van der Waals surface area contributed by atoms with Gasteiger partial charge >= 0.3 is 0 Å². The van der Waals surface area contributed by atoms with E-state index in [0.29, 0.717) is 0 Å². The Morgan fingerprint density at radius 2 is 1.95 bits per heavy atom. The molecule has 2 aromatic rings. The second-order valence-corrected chi connectivity index (χ2v) is 4.92. The van der Waals surface area contributed by atoms with Gasteiger partial charge in [-0.2, -0.15) is 0 Å². The van der Waals surface area contributed by atoms with Gasteiger partial charge < -0.3 is 14.8 Å². The van der Waals surface area contributed by atoms with Crippen LogP contribution in [0.4, 0.5) is 11.5 Å². The molecule has 0 amide bonds. The molecule has 100 valence electrons. The van der Waals surface area contributed by atoms with Crippen LogP contribution in [0.5, 0.6) is 11.5 Å². The number of aryl methyl sites for hydroxylation is 1. The van der Waals surface area contributed by atoms with Crippen molar-refractivity contribution in [1.29, 1.82) is 0 Å². The van der Waals surface area contributed by atoms with Gasteiger partial charge in [-0.05, 0) is 46.6 Å². The molecule has 0 saturated heterocycles. The second kappa shape index (κ2) is 5.93. The average Bonchev–Trinajstić information content (AvgIpc) is 2.43. The fourth-order valence-corrected chi connectivity index (χ4v) is 1.97. The Labute approximate surface area is 120 Å². The first-order valence-electron chi connectivity index (χ1n) is 5.75. The molecule has 19 heavy (non-hydrogen) atoms. The van der Waals surface area contributed by atoms with Crippen molar-refractivity contribution in [2.45, 2.75) is 6.92 Å². The Kier molecular flexibility index (Phi) is 4.27. The Balaban J connectivity index is 2.36. The lowest BCUT2D eigenvalue weighted by molar-refractivity contribution is 0.395. The van der Waals surface area contributed by atoms with Crippen LogP contribution in [0, 0.1) is 6.92 Å². The van der Waals surface area contributed by atoms with Crippen molar-refractivity contribution in [3.63, 3.8) is 0 Å². The number of ether oxygens (including phenoxy) is 2. The maximum Gasteiger partial charge on any atom is 0.146 e. The Morgan fingerprint density at radius 1 is 1.16 bits per heavy atom. The van der Waals surface area contributed by atoms with E-state index in [4.69, 9.17) is 9.47 Å². The van der Waals surface area contributed by atoms with Crippen molar-refractivity contribution in [1.82, 2.24) is 4.98 Å². The van der Waals surface area contributed by atoms with Gasteiger partial charge in [-0.1, -0.05) is 0 Å². The summed E-state index contributed by atoms with van der Waals surface area (Å²) in [4.78, 5) is 4.29. The molecule has 1 aromatic carbocycles. The van der Waals surface area contributed by atoms with Crippen molar-refractivity contribution >= 4 is 27.4 Å². The van der Waals surface area contributed by atoms with Gasteiger partial charge in [-0.15, -0.1) is 0 Å². The number of aromatic nitrogens is 1. The number of nitrogens with zero attached hydrogens (tertiary/aromatic N) is 1. The first-order valence-corrected chi connectivity index (χ1v) is 6.54. The predicted molar refractivity (Wildman–Crippen MR) is 79.5 cm³/mol. The lowest BCUT2D eigenvalue weighted by Crippen LogP contribution is -1.99. The van der Waals surface area contributed by atoms with E-state index < -0.39 is 0 Å². The lowest BCUT2D eigenvalue weighted by atomic mass is 10.1. The van der Waals surface area contributed by atoms with Crippen LogP contribution < -0.4 is 14.8 Å². The van der Waals surface area contributed by atoms with E-state index in [1.165, 1.54) is 0 Å². The van der Waals surface area contributed by atoms with Crippen molar-refractivity contribution in [2.75, 3.05) is 19.5 Å². The first-order chi connectivity index (χ1) is 9.13. The van der Waals surface area contributed by atoms with Crippen LogP contribution in [0.1, 0.15) is 5.56 Å². The van der Waals surface area contributed by atoms with E-state index in [1.54, 1.807) is 20.4 Å². The average molecular weight is 323 g/mol. The lowest BCUT2D eigenvalue weighted by Gasteiger charge is -2.15. The molecule has 0 bridgehead atoms. The summed E-state index contributed by atoms with van der Waals surface area (Å²) >= 11 is 3.36. The number of hydrogen-bond acceptors (Lipinski definition) is 4. The van der Waals surface area contributed by atoms with Gasteiger partial charge in [-0.3, -0.25) is 0 Å². The molecule has 0 unspecified atom stereocenters. The minimum Gasteiger partial charge on any atom is -0.497 e. The fourth-order valence-electron chi connectivity index (χ4n) is 1.74. The van der Waals surface area contributed by atoms with E-state index in [-0.39, 0.29) is 0 Å².